The number of methoxy groups -OCH3 is 3. The van der Waals surface area contributed by atoms with Crippen LogP contribution < -0.4 is 14.2 Å². The number of allylic oxidation sites excluding steroid dienone is 3. The molecule has 12 aromatic rings. The average Bonchev–Trinajstić information content (AvgIpc) is 1.42. The quantitative estimate of drug-likeness (QED) is 0.0235. The number of nitrogens with zero attached hydrogens (tertiary/aromatic N) is 24. The number of fused-ring (bicyclic) bond motifs is 3. The number of phosphoric ester groups is 1. The summed E-state index contributed by atoms with van der Waals surface area (Å²) in [7, 11) is -2.22. The molecule has 0 aliphatic carbocycles. The molecule has 3 saturated heterocycles. The van der Waals surface area contributed by atoms with Gasteiger partial charge in [0, 0.05) is 109 Å². The molecule has 3 fully saturated rings. The number of phosphoric acid groups is 1. The monoisotopic (exact) mass is 1920 g/mol. The van der Waals surface area contributed by atoms with Crippen LogP contribution >= 0.6 is 7.82 Å². The van der Waals surface area contributed by atoms with Crippen molar-refractivity contribution < 1.29 is 61.1 Å². The largest absolute Gasteiger partial charge is 0.494 e. The molecule has 3 aliphatic heterocycles. The lowest BCUT2D eigenvalue weighted by atomic mass is 9.68. The van der Waals surface area contributed by atoms with Crippen molar-refractivity contribution in [3.63, 3.8) is 0 Å². The molecule has 12 aromatic heterocycles. The Hall–Kier alpha value is -14.4. The molecule has 15 heterocycles. The predicted molar refractivity (Wildman–Crippen MR) is 520 cm³/mol. The number of amides is 3. The lowest BCUT2D eigenvalue weighted by Gasteiger charge is -2.60. The molecule has 140 heavy (non-hydrogen) atoms. The minimum Gasteiger partial charge on any atom is -0.494 e. The first-order chi connectivity index (χ1) is 66.0. The van der Waals surface area contributed by atoms with Crippen molar-refractivity contribution in [1.29, 1.82) is 15.8 Å². The average molecular weight is 1920 g/mol. The van der Waals surface area contributed by atoms with E-state index in [0.717, 1.165) is 16.7 Å². The number of carbonyl (C=O) groups excluding carboxylic acids is 6. The van der Waals surface area contributed by atoms with Crippen LogP contribution in [0.5, 0.6) is 17.2 Å². The van der Waals surface area contributed by atoms with Gasteiger partial charge in [-0.25, -0.2) is 48.5 Å². The normalized spacial score (nSPS) is 14.7. The summed E-state index contributed by atoms with van der Waals surface area (Å²) in [6, 6.07) is 22.8. The number of hydrogen-bond acceptors (Lipinski definition) is 28. The van der Waals surface area contributed by atoms with Gasteiger partial charge in [-0.05, 0) is 112 Å². The van der Waals surface area contributed by atoms with Crippen LogP contribution in [0.3, 0.4) is 0 Å². The van der Waals surface area contributed by atoms with Crippen molar-refractivity contribution in [2.45, 2.75) is 201 Å². The zero-order valence-corrected chi connectivity index (χ0v) is 84.5. The number of aryl methyl sites for hydroxylation is 3. The Kier molecular flexibility index (Phi) is 26.7. The van der Waals surface area contributed by atoms with Crippen LogP contribution in [-0.2, 0) is 49.7 Å². The van der Waals surface area contributed by atoms with E-state index in [1.807, 2.05) is 125 Å². The molecular weight excluding hydrogens is 1800 g/mol. The zero-order chi connectivity index (χ0) is 101. The number of pyridine rings is 6. The molecule has 0 spiro atoms. The maximum atomic E-state index is 20.7. The fraction of sp³-hybridized carbons (Fsp3) is 0.441. The maximum absolute atomic E-state index is 20.7. The third kappa shape index (κ3) is 17.3. The summed E-state index contributed by atoms with van der Waals surface area (Å²) in [5.74, 6) is -5.01. The molecular formula is C102H117N24O13P. The van der Waals surface area contributed by atoms with E-state index in [2.05, 4.69) is 48.1 Å². The molecule has 0 N–H and O–H groups in total. The topological polar surface area (TPSA) is 440 Å². The van der Waals surface area contributed by atoms with Crippen LogP contribution in [0.1, 0.15) is 229 Å². The smallest absolute Gasteiger partial charge is 0.481 e. The minimum atomic E-state index is -6.38. The summed E-state index contributed by atoms with van der Waals surface area (Å²) in [5.41, 5.74) is -12.8. The summed E-state index contributed by atoms with van der Waals surface area (Å²) in [4.78, 5) is 144. The first kappa shape index (κ1) is 100. The van der Waals surface area contributed by atoms with E-state index in [0.29, 0.717) is 51.3 Å². The first-order valence-electron chi connectivity index (χ1n) is 46.3. The zero-order valence-electron chi connectivity index (χ0n) is 83.6. The van der Waals surface area contributed by atoms with E-state index in [-0.39, 0.29) is 162 Å². The number of ketones is 3. The number of hydrogen-bond donors (Lipinski definition) is 0. The molecule has 728 valence electrons. The number of Topliss-reactive ketones (excluding diaryl/α,β-unsaturated/α-hetero) is 3. The number of likely N-dealkylation sites (tertiary alicyclic amines) is 3. The van der Waals surface area contributed by atoms with E-state index in [4.69, 9.17) is 58.0 Å². The SMILES string of the molecule is COc1cnc(-n2cnc(C)n2)c2c1c(C(=O)C(=O)N1CCC(=C(C#N)c3ccccn3)CC1)cn2C(OP(=O)(OC(n1cc(C(=O)C(=O)N2CCC(=C(C#N)c3ccccn3)CC2)c2c(OC)cnc(-n3cnc(C)n3)c21)(C(C)(C)C)C(C)(C)C)OC(n1cc(C(=O)C(=O)N2CCC(=C(C#N)c3ccccn3)CC2)c2c(OC)cnc(-n3cnc(C)n3)c21)(C(C)(C)C)C(C)(C)C)(C(C)(C)C)C(C)(C)C. The van der Waals surface area contributed by atoms with Gasteiger partial charge in [-0.1, -0.05) is 143 Å². The second-order valence-corrected chi connectivity index (χ2v) is 42.9. The highest BCUT2D eigenvalue weighted by molar-refractivity contribution is 7.48. The van der Waals surface area contributed by atoms with Gasteiger partial charge in [0.1, 0.15) is 88.5 Å². The molecule has 0 saturated carbocycles. The Labute approximate surface area is 811 Å². The van der Waals surface area contributed by atoms with Gasteiger partial charge < -0.3 is 42.6 Å². The number of rotatable bonds is 24. The fourth-order valence-corrected chi connectivity index (χ4v) is 24.2. The van der Waals surface area contributed by atoms with Crippen LogP contribution in [0, 0.1) is 87.3 Å². The van der Waals surface area contributed by atoms with E-state index >= 15 is 33.3 Å². The van der Waals surface area contributed by atoms with E-state index in [1.165, 1.54) is 106 Å². The minimum absolute atomic E-state index is 0.00344. The molecule has 0 radical (unpaired) electrons. The fourth-order valence-electron chi connectivity index (χ4n) is 21.2. The molecule has 38 heteroatoms. The highest BCUT2D eigenvalue weighted by atomic mass is 31.2. The van der Waals surface area contributed by atoms with Crippen molar-refractivity contribution in [2.75, 3.05) is 60.6 Å². The van der Waals surface area contributed by atoms with Crippen molar-refractivity contribution in [3.8, 4) is 52.9 Å². The molecule has 0 aromatic carbocycles. The van der Waals surface area contributed by atoms with Crippen LogP contribution in [0.15, 0.2) is 146 Å². The lowest BCUT2D eigenvalue weighted by Crippen LogP contribution is -2.61. The molecule has 37 nitrogen and oxygen atoms in total. The Balaban J connectivity index is 1.04. The molecule has 3 amide bonds. The first-order valence-corrected chi connectivity index (χ1v) is 47.7. The summed E-state index contributed by atoms with van der Waals surface area (Å²) >= 11 is 0. The van der Waals surface area contributed by atoms with Gasteiger partial charge >= 0.3 is 7.82 Å². The molecule has 0 atom stereocenters. The van der Waals surface area contributed by atoms with Gasteiger partial charge in [0.25, 0.3) is 35.1 Å². The number of carbonyl (C=O) groups is 6. The lowest BCUT2D eigenvalue weighted by molar-refractivity contribution is -0.259. The van der Waals surface area contributed by atoms with Crippen molar-refractivity contribution in [1.82, 2.24) is 103 Å². The van der Waals surface area contributed by atoms with Crippen molar-refractivity contribution in [2.24, 2.45) is 32.5 Å². The van der Waals surface area contributed by atoms with Gasteiger partial charge in [0.15, 0.2) is 34.6 Å². The Morgan fingerprint density at radius 1 is 0.350 bits per heavy atom. The standard InChI is InChI=1S/C102H117N24O13P/c1-61-112-58-124(115-61)88-82-79(76(134-22)52-109-88)70(85(127)91(130)118-43-34-64(35-44-118)67(49-103)73-31-25-28-40-106-73)55-121(82)100(94(4,5)6,95(7,8)9)137-140(133,138-101(96(10,11)12,97(13,14)15)122-56-71(80-77(135-23)53-110-89(83(80)122)125-59-113-62(2)116-125)86(128)92(131)119-45-36-65(37-46-119)68(50-104)74-32-26-29-41-107-74)139-102(98(16,17)18,99(19,20)21)123-57-72(81-78(136-24)54-111-90(84(81)123)126-60-114-63(3)117-126)87(129)93(132)120-47-38-66(39-48-120)69(51-105)75-33-27-30-42-108-75/h25-33,40-42,52-60H,34-39,43-48H2,1-24H3. The highest BCUT2D eigenvalue weighted by Gasteiger charge is 2.69. The number of ether oxygens (including phenoxy) is 3. The predicted octanol–water partition coefficient (Wildman–Crippen LogP) is 16.8. The Morgan fingerprint density at radius 2 is 0.586 bits per heavy atom. The second kappa shape index (κ2) is 37.4. The molecule has 0 bridgehead atoms. The number of piperidine rings is 3. The van der Waals surface area contributed by atoms with Crippen LogP contribution in [0.25, 0.3) is 66.9 Å². The Bertz CT molecular complexity index is 6490. The van der Waals surface area contributed by atoms with Crippen molar-refractivity contribution >= 4 is 92.3 Å². The molecule has 3 aliphatic rings. The maximum Gasteiger partial charge on any atom is 0.481 e. The summed E-state index contributed by atoms with van der Waals surface area (Å²) in [6.07, 6.45) is 18.9. The van der Waals surface area contributed by atoms with E-state index in [9.17, 15) is 15.8 Å². The van der Waals surface area contributed by atoms with E-state index < -0.39 is 92.6 Å². The van der Waals surface area contributed by atoms with Crippen LogP contribution in [-0.4, -0.2) is 198 Å². The van der Waals surface area contributed by atoms with Crippen LogP contribution in [0.2, 0.25) is 0 Å². The van der Waals surface area contributed by atoms with E-state index in [1.54, 1.807) is 108 Å². The third-order valence-corrected chi connectivity index (χ3v) is 28.2. The summed E-state index contributed by atoms with van der Waals surface area (Å²) < 4.78 is 74.4. The highest BCUT2D eigenvalue weighted by Crippen LogP contribution is 2.74. The summed E-state index contributed by atoms with van der Waals surface area (Å²) in [6.45, 7) is 38.1. The van der Waals surface area contributed by atoms with Crippen LogP contribution in [0.4, 0.5) is 0 Å². The second-order valence-electron chi connectivity index (χ2n) is 41.5. The molecule has 15 rings (SSSR count). The molecule has 0 unspecified atom stereocenters. The van der Waals surface area contributed by atoms with Gasteiger partial charge in [-0.3, -0.25) is 57.3 Å². The van der Waals surface area contributed by atoms with Crippen molar-refractivity contribution in [3.05, 3.63) is 197 Å². The van der Waals surface area contributed by atoms with Gasteiger partial charge in [0.05, 0.1) is 107 Å². The third-order valence-electron chi connectivity index (χ3n) is 26.7. The number of nitriles is 3. The summed E-state index contributed by atoms with van der Waals surface area (Å²) in [5, 5.41) is 46.5. The van der Waals surface area contributed by atoms with Gasteiger partial charge in [-0.15, -0.1) is 0 Å². The number of aromatic nitrogens is 18. The van der Waals surface area contributed by atoms with Gasteiger partial charge in [-0.2, -0.15) is 31.1 Å². The Morgan fingerprint density at radius 3 is 0.771 bits per heavy atom. The van der Waals surface area contributed by atoms with Gasteiger partial charge in [0.2, 0.25) is 0 Å².